The van der Waals surface area contributed by atoms with E-state index in [-0.39, 0.29) is 7.92 Å². The quantitative estimate of drug-likeness (QED) is 0.464. The standard InChI is InChI=1S/C25H29ClN5OP/c1-30-10-9-16-12-22(32-2)20(11-17(16)14-30)28-25-27-13-19(26)24(29-25)31-15-23(33(3)4)18-7-5-6-8-21(18)31/h5-8,11-13,23H,9-10,14-15H2,1-4H3,(H,27,28,29). The zero-order valence-electron chi connectivity index (χ0n) is 19.5. The van der Waals surface area contributed by atoms with Crippen LogP contribution in [0.5, 0.6) is 5.75 Å². The molecule has 0 bridgehead atoms. The van der Waals surface area contributed by atoms with E-state index < -0.39 is 0 Å². The Kier molecular flexibility index (Phi) is 6.17. The highest BCUT2D eigenvalue weighted by atomic mass is 35.5. The maximum atomic E-state index is 6.62. The molecular weight excluding hydrogens is 453 g/mol. The fourth-order valence-corrected chi connectivity index (χ4v) is 6.21. The number of hydrogen-bond acceptors (Lipinski definition) is 6. The van der Waals surface area contributed by atoms with E-state index >= 15 is 0 Å². The first-order chi connectivity index (χ1) is 15.9. The summed E-state index contributed by atoms with van der Waals surface area (Å²) in [5.74, 6) is 2.04. The van der Waals surface area contributed by atoms with Crippen LogP contribution in [-0.4, -0.2) is 55.4 Å². The van der Waals surface area contributed by atoms with Crippen LogP contribution in [0.15, 0.2) is 42.6 Å². The van der Waals surface area contributed by atoms with Gasteiger partial charge in [0.1, 0.15) is 10.8 Å². The van der Waals surface area contributed by atoms with E-state index in [1.807, 2.05) is 0 Å². The third-order valence-electron chi connectivity index (χ3n) is 6.52. The van der Waals surface area contributed by atoms with Crippen molar-refractivity contribution >= 4 is 42.7 Å². The molecule has 0 aliphatic carbocycles. The number of para-hydroxylation sites is 1. The average molecular weight is 482 g/mol. The molecule has 2 aliphatic heterocycles. The average Bonchev–Trinajstić information content (AvgIpc) is 3.20. The summed E-state index contributed by atoms with van der Waals surface area (Å²) in [4.78, 5) is 13.9. The van der Waals surface area contributed by atoms with Crippen molar-refractivity contribution in [2.75, 3.05) is 50.8 Å². The molecule has 1 N–H and O–H groups in total. The Morgan fingerprint density at radius 3 is 2.79 bits per heavy atom. The van der Waals surface area contributed by atoms with Crippen LogP contribution in [0.3, 0.4) is 0 Å². The fourth-order valence-electron chi connectivity index (χ4n) is 4.75. The summed E-state index contributed by atoms with van der Waals surface area (Å²) in [5, 5.41) is 3.94. The van der Waals surface area contributed by atoms with Crippen LogP contribution < -0.4 is 15.0 Å². The number of ether oxygens (including phenoxy) is 1. The zero-order chi connectivity index (χ0) is 23.1. The number of likely N-dealkylation sites (N-methyl/N-ethyl adjacent to an activating group) is 1. The molecule has 0 amide bonds. The summed E-state index contributed by atoms with van der Waals surface area (Å²) in [6.07, 6.45) is 2.71. The molecule has 3 aromatic rings. The van der Waals surface area contributed by atoms with E-state index in [2.05, 4.69) is 76.9 Å². The molecule has 1 aromatic heterocycles. The first-order valence-corrected chi connectivity index (χ1v) is 13.8. The monoisotopic (exact) mass is 481 g/mol. The Hall–Kier alpha value is -2.40. The van der Waals surface area contributed by atoms with Crippen molar-refractivity contribution in [3.05, 3.63) is 64.3 Å². The molecule has 0 saturated heterocycles. The maximum Gasteiger partial charge on any atom is 0.229 e. The summed E-state index contributed by atoms with van der Waals surface area (Å²) >= 11 is 6.62. The minimum atomic E-state index is -0.142. The minimum Gasteiger partial charge on any atom is -0.495 e. The van der Waals surface area contributed by atoms with Gasteiger partial charge in [-0.2, -0.15) is 4.98 Å². The van der Waals surface area contributed by atoms with Gasteiger partial charge in [0.25, 0.3) is 0 Å². The van der Waals surface area contributed by atoms with Crippen LogP contribution in [0.4, 0.5) is 23.1 Å². The van der Waals surface area contributed by atoms with Crippen molar-refractivity contribution in [3.8, 4) is 5.75 Å². The molecule has 6 nitrogen and oxygen atoms in total. The van der Waals surface area contributed by atoms with Gasteiger partial charge in [0, 0.05) is 31.0 Å². The number of fused-ring (bicyclic) bond motifs is 2. The van der Waals surface area contributed by atoms with Gasteiger partial charge in [0.15, 0.2) is 5.82 Å². The van der Waals surface area contributed by atoms with Crippen LogP contribution >= 0.6 is 19.5 Å². The molecule has 2 aliphatic rings. The molecule has 172 valence electrons. The summed E-state index contributed by atoms with van der Waals surface area (Å²) in [6.45, 7) is 7.51. The van der Waals surface area contributed by atoms with E-state index in [4.69, 9.17) is 21.3 Å². The smallest absolute Gasteiger partial charge is 0.229 e. The molecular formula is C25H29ClN5OP. The van der Waals surface area contributed by atoms with Gasteiger partial charge in [0.05, 0.1) is 19.0 Å². The number of nitrogens with zero attached hydrogens (tertiary/aromatic N) is 4. The lowest BCUT2D eigenvalue weighted by atomic mass is 9.99. The minimum absolute atomic E-state index is 0.142. The molecule has 33 heavy (non-hydrogen) atoms. The summed E-state index contributed by atoms with van der Waals surface area (Å²) in [7, 11) is 3.70. The largest absolute Gasteiger partial charge is 0.495 e. The molecule has 1 atom stereocenters. The molecule has 8 heteroatoms. The molecule has 2 aromatic carbocycles. The van der Waals surface area contributed by atoms with Crippen molar-refractivity contribution in [1.29, 1.82) is 0 Å². The topological polar surface area (TPSA) is 53.5 Å². The van der Waals surface area contributed by atoms with Crippen LogP contribution in [0.25, 0.3) is 0 Å². The van der Waals surface area contributed by atoms with Gasteiger partial charge in [-0.25, -0.2) is 4.98 Å². The number of anilines is 4. The Bertz CT molecular complexity index is 1190. The van der Waals surface area contributed by atoms with E-state index in [0.29, 0.717) is 16.6 Å². The molecule has 0 fully saturated rings. The Morgan fingerprint density at radius 1 is 1.18 bits per heavy atom. The van der Waals surface area contributed by atoms with Gasteiger partial charge in [-0.05, 0) is 61.7 Å². The highest BCUT2D eigenvalue weighted by Crippen LogP contribution is 2.54. The molecule has 0 saturated carbocycles. The normalized spacial score (nSPS) is 17.8. The lowest BCUT2D eigenvalue weighted by Gasteiger charge is -2.26. The lowest BCUT2D eigenvalue weighted by Crippen LogP contribution is -2.26. The van der Waals surface area contributed by atoms with Crippen LogP contribution in [0.2, 0.25) is 5.02 Å². The summed E-state index contributed by atoms with van der Waals surface area (Å²) in [6, 6.07) is 12.9. The molecule has 0 radical (unpaired) electrons. The first kappa shape index (κ1) is 22.4. The van der Waals surface area contributed by atoms with Crippen molar-refractivity contribution in [2.24, 2.45) is 0 Å². The highest BCUT2D eigenvalue weighted by Gasteiger charge is 2.33. The fraction of sp³-hybridized carbons (Fsp3) is 0.360. The summed E-state index contributed by atoms with van der Waals surface area (Å²) in [5.41, 5.74) is 6.56. The van der Waals surface area contributed by atoms with E-state index in [9.17, 15) is 0 Å². The van der Waals surface area contributed by atoms with Gasteiger partial charge < -0.3 is 19.9 Å². The number of aromatic nitrogens is 2. The molecule has 1 unspecified atom stereocenters. The van der Waals surface area contributed by atoms with Crippen LogP contribution in [0.1, 0.15) is 22.3 Å². The van der Waals surface area contributed by atoms with Gasteiger partial charge in [-0.3, -0.25) is 0 Å². The van der Waals surface area contributed by atoms with Crippen LogP contribution in [-0.2, 0) is 13.0 Å². The Balaban J connectivity index is 1.49. The Morgan fingerprint density at radius 2 is 2.00 bits per heavy atom. The second kappa shape index (κ2) is 9.09. The van der Waals surface area contributed by atoms with E-state index in [1.165, 1.54) is 22.4 Å². The van der Waals surface area contributed by atoms with Crippen molar-refractivity contribution in [3.63, 3.8) is 0 Å². The van der Waals surface area contributed by atoms with Gasteiger partial charge in [-0.15, -0.1) is 7.92 Å². The first-order valence-electron chi connectivity index (χ1n) is 11.2. The highest BCUT2D eigenvalue weighted by molar-refractivity contribution is 7.56. The van der Waals surface area contributed by atoms with Crippen molar-refractivity contribution < 1.29 is 4.74 Å². The number of hydrogen-bond donors (Lipinski definition) is 1. The van der Waals surface area contributed by atoms with Crippen molar-refractivity contribution in [1.82, 2.24) is 14.9 Å². The zero-order valence-corrected chi connectivity index (χ0v) is 21.1. The number of methoxy groups -OCH3 is 1. The van der Waals surface area contributed by atoms with E-state index in [1.54, 1.807) is 13.3 Å². The number of halogens is 1. The van der Waals surface area contributed by atoms with E-state index in [0.717, 1.165) is 43.3 Å². The van der Waals surface area contributed by atoms with Gasteiger partial charge in [-0.1, -0.05) is 29.8 Å². The molecule has 5 rings (SSSR count). The third-order valence-corrected chi connectivity index (χ3v) is 8.47. The summed E-state index contributed by atoms with van der Waals surface area (Å²) < 4.78 is 5.69. The van der Waals surface area contributed by atoms with Crippen molar-refractivity contribution in [2.45, 2.75) is 18.6 Å². The third kappa shape index (κ3) is 4.28. The lowest BCUT2D eigenvalue weighted by molar-refractivity contribution is 0.312. The number of benzene rings is 2. The second-order valence-corrected chi connectivity index (χ2v) is 11.9. The van der Waals surface area contributed by atoms with Gasteiger partial charge >= 0.3 is 0 Å². The maximum absolute atomic E-state index is 6.62. The number of nitrogens with one attached hydrogen (secondary N) is 1. The molecule has 3 heterocycles. The second-order valence-electron chi connectivity index (χ2n) is 8.95. The predicted octanol–water partition coefficient (Wildman–Crippen LogP) is 5.80. The van der Waals surface area contributed by atoms with Crippen LogP contribution in [0, 0.1) is 0 Å². The SMILES string of the molecule is COc1cc2c(cc1Nc1ncc(Cl)c(N3CC(P(C)C)c4ccccc43)n1)CN(C)CC2. The van der Waals surface area contributed by atoms with Gasteiger partial charge in [0.2, 0.25) is 5.95 Å². The predicted molar refractivity (Wildman–Crippen MR) is 138 cm³/mol. The Labute approximate surface area is 201 Å². The number of rotatable bonds is 5. The molecule has 0 spiro atoms.